The fraction of sp³-hybridized carbons (Fsp3) is 0.355. The van der Waals surface area contributed by atoms with Crippen molar-refractivity contribution < 1.29 is 14.3 Å². The normalized spacial score (nSPS) is 19.6. The number of halogens is 1. The van der Waals surface area contributed by atoms with E-state index >= 15 is 0 Å². The monoisotopic (exact) mass is 516 g/mol. The third-order valence-electron chi connectivity index (χ3n) is 7.53. The molecule has 192 valence electrons. The number of nitrogens with zero attached hydrogens (tertiary/aromatic N) is 1. The van der Waals surface area contributed by atoms with Gasteiger partial charge in [0.25, 0.3) is 5.91 Å². The topological polar surface area (TPSA) is 58.6 Å². The third-order valence-corrected chi connectivity index (χ3v) is 7.78. The minimum atomic E-state index is -0.490. The summed E-state index contributed by atoms with van der Waals surface area (Å²) in [7, 11) is 0. The molecule has 0 spiro atoms. The highest BCUT2D eigenvalue weighted by Gasteiger charge is 2.46. The van der Waals surface area contributed by atoms with Crippen LogP contribution in [-0.4, -0.2) is 41.9 Å². The van der Waals surface area contributed by atoms with E-state index in [0.29, 0.717) is 23.7 Å². The van der Waals surface area contributed by atoms with Gasteiger partial charge in [0.05, 0.1) is 25.2 Å². The standard InChI is InChI=1S/C31H33ClN2O3/c32-24-16-14-23(15-17-24)20-37-21-28-29(30(35)33-19-18-22-8-2-1-3-9-22)26-12-6-7-13-27(26)31(36)34(28)25-10-4-5-11-25/h1-3,6-9,12-17,25,28-29H,4-5,10-11,18-21H2,(H,33,35). The van der Waals surface area contributed by atoms with E-state index < -0.39 is 5.92 Å². The van der Waals surface area contributed by atoms with Crippen molar-refractivity contribution in [2.45, 2.75) is 56.7 Å². The molecule has 0 bridgehead atoms. The second kappa shape index (κ2) is 11.9. The molecule has 5 nitrogen and oxygen atoms in total. The first-order chi connectivity index (χ1) is 18.1. The van der Waals surface area contributed by atoms with Crippen molar-refractivity contribution >= 4 is 23.4 Å². The molecule has 1 aliphatic carbocycles. The lowest BCUT2D eigenvalue weighted by molar-refractivity contribution is -0.125. The van der Waals surface area contributed by atoms with Crippen molar-refractivity contribution in [2.24, 2.45) is 0 Å². The fourth-order valence-electron chi connectivity index (χ4n) is 5.69. The number of benzene rings is 3. The predicted molar refractivity (Wildman–Crippen MR) is 146 cm³/mol. The number of amides is 2. The summed E-state index contributed by atoms with van der Waals surface area (Å²) >= 11 is 6.03. The Labute approximate surface area is 223 Å². The van der Waals surface area contributed by atoms with E-state index in [-0.39, 0.29) is 30.5 Å². The average molecular weight is 517 g/mol. The lowest BCUT2D eigenvalue weighted by Gasteiger charge is -2.44. The Morgan fingerprint density at radius 1 is 0.919 bits per heavy atom. The van der Waals surface area contributed by atoms with Crippen molar-refractivity contribution in [1.29, 1.82) is 0 Å². The Kier molecular flexibility index (Phi) is 8.22. The molecule has 0 radical (unpaired) electrons. The van der Waals surface area contributed by atoms with Gasteiger partial charge in [-0.15, -0.1) is 0 Å². The van der Waals surface area contributed by atoms with E-state index in [1.165, 1.54) is 5.56 Å². The largest absolute Gasteiger partial charge is 0.375 e. The van der Waals surface area contributed by atoms with Crippen LogP contribution in [-0.2, 0) is 22.6 Å². The van der Waals surface area contributed by atoms with Crippen molar-refractivity contribution in [1.82, 2.24) is 10.2 Å². The van der Waals surface area contributed by atoms with Crippen LogP contribution in [0.25, 0.3) is 0 Å². The Morgan fingerprint density at radius 3 is 2.38 bits per heavy atom. The van der Waals surface area contributed by atoms with Gasteiger partial charge >= 0.3 is 0 Å². The van der Waals surface area contributed by atoms with Gasteiger partial charge in [0.15, 0.2) is 0 Å². The first-order valence-electron chi connectivity index (χ1n) is 13.2. The van der Waals surface area contributed by atoms with Crippen LogP contribution in [0.4, 0.5) is 0 Å². The van der Waals surface area contributed by atoms with Crippen LogP contribution in [0.3, 0.4) is 0 Å². The smallest absolute Gasteiger partial charge is 0.254 e. The van der Waals surface area contributed by atoms with Crippen LogP contribution >= 0.6 is 11.6 Å². The minimum absolute atomic E-state index is 0.0101. The highest BCUT2D eigenvalue weighted by molar-refractivity contribution is 6.30. The molecule has 5 rings (SSSR count). The van der Waals surface area contributed by atoms with Gasteiger partial charge in [0.2, 0.25) is 5.91 Å². The van der Waals surface area contributed by atoms with Gasteiger partial charge in [-0.3, -0.25) is 9.59 Å². The molecule has 2 unspecified atom stereocenters. The summed E-state index contributed by atoms with van der Waals surface area (Å²) in [5.41, 5.74) is 3.60. The summed E-state index contributed by atoms with van der Waals surface area (Å²) in [6.45, 7) is 1.22. The zero-order valence-corrected chi connectivity index (χ0v) is 21.7. The molecule has 2 aliphatic rings. The molecular formula is C31H33ClN2O3. The maximum Gasteiger partial charge on any atom is 0.254 e. The van der Waals surface area contributed by atoms with Crippen LogP contribution in [0.15, 0.2) is 78.9 Å². The second-order valence-corrected chi connectivity index (χ2v) is 10.4. The summed E-state index contributed by atoms with van der Waals surface area (Å²) in [5, 5.41) is 3.84. The molecule has 1 saturated carbocycles. The SMILES string of the molecule is O=C(NCCc1ccccc1)C1c2ccccc2C(=O)N(C2CCCC2)C1COCc1ccc(Cl)cc1. The number of fused-ring (bicyclic) bond motifs is 1. The van der Waals surface area contributed by atoms with E-state index in [2.05, 4.69) is 17.4 Å². The molecule has 3 aromatic carbocycles. The zero-order valence-electron chi connectivity index (χ0n) is 20.9. The molecule has 1 N–H and O–H groups in total. The molecule has 6 heteroatoms. The van der Waals surface area contributed by atoms with E-state index in [1.54, 1.807) is 0 Å². The first-order valence-corrected chi connectivity index (χ1v) is 13.5. The quantitative estimate of drug-likeness (QED) is 0.393. The Bertz CT molecular complexity index is 1210. The molecule has 0 aromatic heterocycles. The van der Waals surface area contributed by atoms with Crippen LogP contribution in [0.2, 0.25) is 5.02 Å². The predicted octanol–water partition coefficient (Wildman–Crippen LogP) is 5.77. The van der Waals surface area contributed by atoms with Crippen LogP contribution in [0.1, 0.15) is 58.6 Å². The Morgan fingerprint density at radius 2 is 1.62 bits per heavy atom. The minimum Gasteiger partial charge on any atom is -0.375 e. The summed E-state index contributed by atoms with van der Waals surface area (Å²) in [6.07, 6.45) is 4.88. The highest BCUT2D eigenvalue weighted by Crippen LogP contribution is 2.38. The number of carbonyl (C=O) groups is 2. The highest BCUT2D eigenvalue weighted by atomic mass is 35.5. The number of carbonyl (C=O) groups excluding carboxylic acids is 2. The lowest BCUT2D eigenvalue weighted by Crippen LogP contribution is -2.57. The molecule has 1 heterocycles. The number of nitrogens with one attached hydrogen (secondary N) is 1. The summed E-state index contributed by atoms with van der Waals surface area (Å²) in [5.74, 6) is -0.537. The zero-order chi connectivity index (χ0) is 25.6. The summed E-state index contributed by atoms with van der Waals surface area (Å²) < 4.78 is 6.19. The van der Waals surface area contributed by atoms with Crippen LogP contribution in [0, 0.1) is 0 Å². The Balaban J connectivity index is 1.39. The van der Waals surface area contributed by atoms with E-state index in [9.17, 15) is 9.59 Å². The van der Waals surface area contributed by atoms with Crippen molar-refractivity contribution in [3.63, 3.8) is 0 Å². The average Bonchev–Trinajstić information content (AvgIpc) is 3.45. The Hall–Kier alpha value is -3.15. The van der Waals surface area contributed by atoms with Gasteiger partial charge in [-0.2, -0.15) is 0 Å². The summed E-state index contributed by atoms with van der Waals surface area (Å²) in [6, 6.07) is 25.0. The second-order valence-electron chi connectivity index (χ2n) is 9.95. The van der Waals surface area contributed by atoms with Crippen molar-refractivity contribution in [3.8, 4) is 0 Å². The maximum absolute atomic E-state index is 13.8. The number of hydrogen-bond acceptors (Lipinski definition) is 3. The van der Waals surface area contributed by atoms with Gasteiger partial charge < -0.3 is 15.0 Å². The molecule has 2 atom stereocenters. The van der Waals surface area contributed by atoms with Gasteiger partial charge in [-0.25, -0.2) is 0 Å². The van der Waals surface area contributed by atoms with E-state index in [0.717, 1.165) is 43.2 Å². The lowest BCUT2D eigenvalue weighted by atomic mass is 9.81. The molecule has 0 saturated heterocycles. The molecule has 1 fully saturated rings. The van der Waals surface area contributed by atoms with E-state index in [1.807, 2.05) is 71.6 Å². The summed E-state index contributed by atoms with van der Waals surface area (Å²) in [4.78, 5) is 29.5. The van der Waals surface area contributed by atoms with Gasteiger partial charge in [-0.1, -0.05) is 85.1 Å². The fourth-order valence-corrected chi connectivity index (χ4v) is 5.82. The molecule has 2 amide bonds. The van der Waals surface area contributed by atoms with Gasteiger partial charge in [0, 0.05) is 23.2 Å². The number of rotatable bonds is 9. The van der Waals surface area contributed by atoms with Crippen molar-refractivity contribution in [2.75, 3.05) is 13.2 Å². The molecular weight excluding hydrogens is 484 g/mol. The van der Waals surface area contributed by atoms with Crippen molar-refractivity contribution in [3.05, 3.63) is 106 Å². The van der Waals surface area contributed by atoms with Gasteiger partial charge in [0.1, 0.15) is 0 Å². The molecule has 37 heavy (non-hydrogen) atoms. The van der Waals surface area contributed by atoms with E-state index in [4.69, 9.17) is 16.3 Å². The number of hydrogen-bond donors (Lipinski definition) is 1. The molecule has 3 aromatic rings. The number of ether oxygens (including phenoxy) is 1. The maximum atomic E-state index is 13.8. The van der Waals surface area contributed by atoms with Crippen LogP contribution in [0.5, 0.6) is 0 Å². The van der Waals surface area contributed by atoms with Gasteiger partial charge in [-0.05, 0) is 54.2 Å². The third kappa shape index (κ3) is 5.89. The molecule has 1 aliphatic heterocycles. The van der Waals surface area contributed by atoms with Crippen LogP contribution < -0.4 is 5.32 Å². The first kappa shape index (κ1) is 25.5.